The number of ether oxygens (including phenoxy) is 1. The third kappa shape index (κ3) is 4.28. The molecule has 1 amide bonds. The van der Waals surface area contributed by atoms with Crippen molar-refractivity contribution in [2.75, 3.05) is 33.4 Å². The van der Waals surface area contributed by atoms with Crippen LogP contribution in [0.3, 0.4) is 0 Å². The molecule has 1 aromatic carbocycles. The molecule has 0 spiro atoms. The van der Waals surface area contributed by atoms with Crippen molar-refractivity contribution in [1.29, 1.82) is 0 Å². The van der Waals surface area contributed by atoms with E-state index in [1.54, 1.807) is 12.0 Å². The summed E-state index contributed by atoms with van der Waals surface area (Å²) < 4.78 is 7.11. The molecule has 3 rings (SSSR count). The molecule has 0 radical (unpaired) electrons. The van der Waals surface area contributed by atoms with Gasteiger partial charge in [0, 0.05) is 20.2 Å². The number of carbonyl (C=O) groups is 1. The molecule has 7 heteroatoms. The molecule has 0 aliphatic carbocycles. The quantitative estimate of drug-likeness (QED) is 0.818. The van der Waals surface area contributed by atoms with Crippen LogP contribution in [-0.2, 0) is 11.3 Å². The van der Waals surface area contributed by atoms with E-state index < -0.39 is 0 Å². The number of hydrogen-bond donors (Lipinski definition) is 1. The molecule has 140 valence electrons. The first-order valence-electron chi connectivity index (χ1n) is 9.15. The van der Waals surface area contributed by atoms with Gasteiger partial charge in [-0.3, -0.25) is 4.79 Å². The number of aromatic nitrogens is 3. The summed E-state index contributed by atoms with van der Waals surface area (Å²) in [5.74, 6) is -0.0939. The minimum atomic E-state index is -0.0939. The number of nitrogens with one attached hydrogen (secondary N) is 1. The lowest BCUT2D eigenvalue weighted by atomic mass is 10.1. The van der Waals surface area contributed by atoms with Crippen molar-refractivity contribution in [3.63, 3.8) is 0 Å². The molecule has 1 saturated heterocycles. The maximum Gasteiger partial charge on any atom is 0.276 e. The summed E-state index contributed by atoms with van der Waals surface area (Å²) >= 11 is 0. The number of amides is 1. The number of rotatable bonds is 7. The zero-order valence-corrected chi connectivity index (χ0v) is 15.5. The lowest BCUT2D eigenvalue weighted by molar-refractivity contribution is 0.0673. The van der Waals surface area contributed by atoms with E-state index in [1.165, 1.54) is 0 Å². The number of carbonyl (C=O) groups excluding carboxylic acids is 1. The first kappa shape index (κ1) is 18.5. The fourth-order valence-corrected chi connectivity index (χ4v) is 3.34. The highest BCUT2D eigenvalue weighted by atomic mass is 16.5. The number of piperidine rings is 1. The Morgan fingerprint density at radius 2 is 2.04 bits per heavy atom. The van der Waals surface area contributed by atoms with Crippen LogP contribution < -0.4 is 5.32 Å². The van der Waals surface area contributed by atoms with Gasteiger partial charge in [-0.2, -0.15) is 0 Å². The average Bonchev–Trinajstić information content (AvgIpc) is 3.07. The van der Waals surface area contributed by atoms with Gasteiger partial charge in [0.2, 0.25) is 0 Å². The first-order chi connectivity index (χ1) is 12.7. The Labute approximate surface area is 154 Å². The van der Waals surface area contributed by atoms with Gasteiger partial charge in [-0.25, -0.2) is 4.68 Å². The van der Waals surface area contributed by atoms with E-state index in [4.69, 9.17) is 4.74 Å². The highest BCUT2D eigenvalue weighted by Gasteiger charge is 2.26. The Balaban J connectivity index is 1.78. The van der Waals surface area contributed by atoms with Crippen molar-refractivity contribution in [3.05, 3.63) is 47.3 Å². The fraction of sp³-hybridized carbons (Fsp3) is 0.526. The molecule has 1 fully saturated rings. The molecule has 1 aliphatic rings. The summed E-state index contributed by atoms with van der Waals surface area (Å²) in [5.41, 5.74) is 2.37. The molecule has 0 atom stereocenters. The third-order valence-electron chi connectivity index (χ3n) is 4.85. The van der Waals surface area contributed by atoms with Crippen LogP contribution >= 0.6 is 0 Å². The summed E-state index contributed by atoms with van der Waals surface area (Å²) in [6.07, 6.45) is 2.02. The Bertz CT molecular complexity index is 710. The number of benzene rings is 1. The van der Waals surface area contributed by atoms with E-state index in [1.807, 2.05) is 41.9 Å². The summed E-state index contributed by atoms with van der Waals surface area (Å²) in [4.78, 5) is 14.9. The Kier molecular flexibility index (Phi) is 6.35. The summed E-state index contributed by atoms with van der Waals surface area (Å²) in [5, 5.41) is 11.9. The van der Waals surface area contributed by atoms with Crippen LogP contribution in [0.15, 0.2) is 30.3 Å². The monoisotopic (exact) mass is 357 g/mol. The molecule has 1 aliphatic heterocycles. The molecule has 26 heavy (non-hydrogen) atoms. The van der Waals surface area contributed by atoms with Gasteiger partial charge >= 0.3 is 0 Å². The normalized spacial score (nSPS) is 15.2. The first-order valence-corrected chi connectivity index (χ1v) is 9.15. The van der Waals surface area contributed by atoms with E-state index in [0.29, 0.717) is 31.4 Å². The van der Waals surface area contributed by atoms with Crippen LogP contribution in [0.1, 0.15) is 40.6 Å². The smallest absolute Gasteiger partial charge is 0.276 e. The van der Waals surface area contributed by atoms with E-state index in [2.05, 4.69) is 15.6 Å². The summed E-state index contributed by atoms with van der Waals surface area (Å²) in [6, 6.07) is 10.3. The predicted molar refractivity (Wildman–Crippen MR) is 99.0 cm³/mol. The average molecular weight is 357 g/mol. The number of nitrogens with zero attached hydrogens (tertiary/aromatic N) is 4. The standard InChI is InChI=1S/C19H27N5O2/c1-15-18(21-22-24(15)17-8-10-20-11-9-17)19(25)23(12-13-26-2)14-16-6-4-3-5-7-16/h3-7,17,20H,8-14H2,1-2H3. The molecular formula is C19H27N5O2. The fourth-order valence-electron chi connectivity index (χ4n) is 3.34. The van der Waals surface area contributed by atoms with Crippen molar-refractivity contribution in [1.82, 2.24) is 25.2 Å². The van der Waals surface area contributed by atoms with Crippen LogP contribution in [0.4, 0.5) is 0 Å². The minimum absolute atomic E-state index is 0.0939. The van der Waals surface area contributed by atoms with Gasteiger partial charge in [0.15, 0.2) is 5.69 Å². The minimum Gasteiger partial charge on any atom is -0.383 e. The van der Waals surface area contributed by atoms with Crippen LogP contribution in [0.25, 0.3) is 0 Å². The van der Waals surface area contributed by atoms with E-state index >= 15 is 0 Å². The maximum atomic E-state index is 13.1. The molecule has 7 nitrogen and oxygen atoms in total. The predicted octanol–water partition coefficient (Wildman–Crippen LogP) is 1.80. The topological polar surface area (TPSA) is 72.3 Å². The zero-order valence-electron chi connectivity index (χ0n) is 15.5. The van der Waals surface area contributed by atoms with Gasteiger partial charge in [-0.05, 0) is 38.4 Å². The second-order valence-electron chi connectivity index (χ2n) is 6.65. The molecule has 0 bridgehead atoms. The molecule has 2 aromatic rings. The molecule has 2 heterocycles. The van der Waals surface area contributed by atoms with Crippen LogP contribution in [0.2, 0.25) is 0 Å². The summed E-state index contributed by atoms with van der Waals surface area (Å²) in [7, 11) is 1.64. The number of methoxy groups -OCH3 is 1. The van der Waals surface area contributed by atoms with Crippen molar-refractivity contribution >= 4 is 5.91 Å². The van der Waals surface area contributed by atoms with Gasteiger partial charge in [0.25, 0.3) is 5.91 Å². The van der Waals surface area contributed by atoms with Gasteiger partial charge in [-0.15, -0.1) is 5.10 Å². The largest absolute Gasteiger partial charge is 0.383 e. The second-order valence-corrected chi connectivity index (χ2v) is 6.65. The van der Waals surface area contributed by atoms with Gasteiger partial charge in [0.1, 0.15) is 0 Å². The van der Waals surface area contributed by atoms with Crippen LogP contribution in [-0.4, -0.2) is 59.2 Å². The van der Waals surface area contributed by atoms with Gasteiger partial charge in [-0.1, -0.05) is 35.5 Å². The lowest BCUT2D eigenvalue weighted by Crippen LogP contribution is -2.34. The van der Waals surface area contributed by atoms with Gasteiger partial charge in [0.05, 0.1) is 18.3 Å². The van der Waals surface area contributed by atoms with E-state index in [-0.39, 0.29) is 5.91 Å². The highest BCUT2D eigenvalue weighted by molar-refractivity contribution is 5.93. The SMILES string of the molecule is COCCN(Cc1ccccc1)C(=O)c1nnn(C2CCNCC2)c1C. The van der Waals surface area contributed by atoms with Crippen molar-refractivity contribution < 1.29 is 9.53 Å². The van der Waals surface area contributed by atoms with E-state index in [0.717, 1.165) is 37.2 Å². The van der Waals surface area contributed by atoms with Crippen LogP contribution in [0, 0.1) is 6.92 Å². The Hall–Kier alpha value is -2.25. The molecular weight excluding hydrogens is 330 g/mol. The number of hydrogen-bond acceptors (Lipinski definition) is 5. The van der Waals surface area contributed by atoms with E-state index in [9.17, 15) is 4.79 Å². The molecule has 1 N–H and O–H groups in total. The Morgan fingerprint density at radius 1 is 1.31 bits per heavy atom. The van der Waals surface area contributed by atoms with Crippen molar-refractivity contribution in [2.45, 2.75) is 32.4 Å². The third-order valence-corrected chi connectivity index (χ3v) is 4.85. The maximum absolute atomic E-state index is 13.1. The second kappa shape index (κ2) is 8.91. The van der Waals surface area contributed by atoms with Crippen molar-refractivity contribution in [2.24, 2.45) is 0 Å². The molecule has 0 unspecified atom stereocenters. The lowest BCUT2D eigenvalue weighted by Gasteiger charge is -2.24. The Morgan fingerprint density at radius 3 is 2.73 bits per heavy atom. The molecule has 0 saturated carbocycles. The van der Waals surface area contributed by atoms with Crippen LogP contribution in [0.5, 0.6) is 0 Å². The zero-order chi connectivity index (χ0) is 18.4. The summed E-state index contributed by atoms with van der Waals surface area (Å²) in [6.45, 7) is 5.42. The van der Waals surface area contributed by atoms with Crippen molar-refractivity contribution in [3.8, 4) is 0 Å². The highest BCUT2D eigenvalue weighted by Crippen LogP contribution is 2.21. The van der Waals surface area contributed by atoms with Gasteiger partial charge < -0.3 is 15.0 Å². The molecule has 1 aromatic heterocycles.